The molecule has 0 saturated heterocycles. The summed E-state index contributed by atoms with van der Waals surface area (Å²) in [6.45, 7) is 1.85. The van der Waals surface area contributed by atoms with Crippen molar-refractivity contribution in [3.8, 4) is 5.75 Å². The lowest BCUT2D eigenvalue weighted by Crippen LogP contribution is -2.07. The minimum atomic E-state index is -0.636. The third kappa shape index (κ3) is 3.68. The van der Waals surface area contributed by atoms with E-state index in [4.69, 9.17) is 9.47 Å². The van der Waals surface area contributed by atoms with E-state index in [1.807, 2.05) is 0 Å². The molecule has 1 heterocycles. The van der Waals surface area contributed by atoms with E-state index >= 15 is 0 Å². The first kappa shape index (κ1) is 18.6. The van der Waals surface area contributed by atoms with Gasteiger partial charge in [-0.05, 0) is 31.2 Å². The van der Waals surface area contributed by atoms with Gasteiger partial charge in [0.15, 0.2) is 0 Å². The van der Waals surface area contributed by atoms with E-state index in [0.29, 0.717) is 16.1 Å². The molecule has 0 saturated carbocycles. The molecule has 9 heteroatoms. The van der Waals surface area contributed by atoms with Gasteiger partial charge in [0.05, 0.1) is 18.6 Å². The van der Waals surface area contributed by atoms with Crippen LogP contribution >= 0.6 is 11.3 Å². The number of esters is 1. The fourth-order valence-electron chi connectivity index (χ4n) is 2.59. The third-order valence-corrected chi connectivity index (χ3v) is 4.85. The number of nitro benzene ring substituents is 1. The minimum Gasteiger partial charge on any atom is -0.497 e. The quantitative estimate of drug-likeness (QED) is 0.367. The zero-order valence-electron chi connectivity index (χ0n) is 14.4. The predicted octanol–water partition coefficient (Wildman–Crippen LogP) is 4.88. The summed E-state index contributed by atoms with van der Waals surface area (Å²) >= 11 is 1.19. The number of nitro groups is 1. The highest BCUT2D eigenvalue weighted by Crippen LogP contribution is 2.41. The lowest BCUT2D eigenvalue weighted by Gasteiger charge is -2.08. The Kier molecular flexibility index (Phi) is 5.22. The van der Waals surface area contributed by atoms with Gasteiger partial charge in [0.25, 0.3) is 5.69 Å². The first-order valence-corrected chi connectivity index (χ1v) is 8.74. The highest BCUT2D eigenvalue weighted by Gasteiger charge is 2.23. The van der Waals surface area contributed by atoms with Crippen LogP contribution in [0.15, 0.2) is 36.4 Å². The molecule has 3 rings (SSSR count). The average Bonchev–Trinajstić information content (AvgIpc) is 2.98. The number of ether oxygens (including phenoxy) is 2. The van der Waals surface area contributed by atoms with Gasteiger partial charge < -0.3 is 14.8 Å². The summed E-state index contributed by atoms with van der Waals surface area (Å²) in [4.78, 5) is 23.1. The number of carbonyl (C=O) groups excluding carboxylic acids is 1. The number of thiophene rings is 1. The molecule has 0 atom stereocenters. The number of anilines is 2. The van der Waals surface area contributed by atoms with Gasteiger partial charge in [0.1, 0.15) is 27.8 Å². The second kappa shape index (κ2) is 7.58. The monoisotopic (exact) mass is 390 g/mol. The molecule has 1 N–H and O–H groups in total. The van der Waals surface area contributed by atoms with Crippen molar-refractivity contribution in [3.63, 3.8) is 0 Å². The highest BCUT2D eigenvalue weighted by atomic mass is 32.1. The van der Waals surface area contributed by atoms with E-state index in [1.165, 1.54) is 18.4 Å². The van der Waals surface area contributed by atoms with Gasteiger partial charge in [-0.1, -0.05) is 0 Å². The number of benzene rings is 2. The smallest absolute Gasteiger partial charge is 0.341 e. The number of fused-ring (bicyclic) bond motifs is 1. The Morgan fingerprint density at radius 1 is 1.30 bits per heavy atom. The summed E-state index contributed by atoms with van der Waals surface area (Å²) in [5.41, 5.74) is -0.122. The lowest BCUT2D eigenvalue weighted by molar-refractivity contribution is -0.384. The molecule has 0 aliphatic heterocycles. The van der Waals surface area contributed by atoms with E-state index in [1.54, 1.807) is 25.1 Å². The predicted molar refractivity (Wildman–Crippen MR) is 101 cm³/mol. The normalized spacial score (nSPS) is 10.6. The number of methoxy groups -OCH3 is 1. The van der Waals surface area contributed by atoms with Crippen molar-refractivity contribution >= 4 is 43.8 Å². The molecule has 0 unspecified atom stereocenters. The summed E-state index contributed by atoms with van der Waals surface area (Å²) in [6, 6.07) is 8.24. The zero-order valence-corrected chi connectivity index (χ0v) is 15.3. The second-order valence-corrected chi connectivity index (χ2v) is 6.48. The van der Waals surface area contributed by atoms with Crippen molar-refractivity contribution in [2.75, 3.05) is 19.0 Å². The van der Waals surface area contributed by atoms with E-state index < -0.39 is 16.7 Å². The van der Waals surface area contributed by atoms with Gasteiger partial charge in [-0.3, -0.25) is 10.1 Å². The minimum absolute atomic E-state index is 0.0518. The zero-order chi connectivity index (χ0) is 19.6. The van der Waals surface area contributed by atoms with Crippen LogP contribution in [0.25, 0.3) is 10.1 Å². The molecule has 0 fully saturated rings. The van der Waals surface area contributed by atoms with Gasteiger partial charge in [0, 0.05) is 22.2 Å². The first-order valence-electron chi connectivity index (χ1n) is 7.93. The fraction of sp³-hybridized carbons (Fsp3) is 0.167. The molecule has 2 aromatic carbocycles. The molecule has 27 heavy (non-hydrogen) atoms. The Balaban J connectivity index is 2.16. The number of rotatable bonds is 6. The molecule has 0 aliphatic rings. The van der Waals surface area contributed by atoms with Gasteiger partial charge in [-0.2, -0.15) is 0 Å². The lowest BCUT2D eigenvalue weighted by atomic mass is 10.1. The maximum Gasteiger partial charge on any atom is 0.341 e. The molecule has 140 valence electrons. The maximum atomic E-state index is 13.6. The molecule has 7 nitrogen and oxygen atoms in total. The molecular formula is C18H15FN2O5S. The Morgan fingerprint density at radius 2 is 2.07 bits per heavy atom. The number of carbonyl (C=O) groups is 1. The van der Waals surface area contributed by atoms with Crippen LogP contribution in [0.2, 0.25) is 0 Å². The summed E-state index contributed by atoms with van der Waals surface area (Å²) in [6.07, 6.45) is 0. The van der Waals surface area contributed by atoms with E-state index in [-0.39, 0.29) is 23.5 Å². The van der Waals surface area contributed by atoms with Gasteiger partial charge in [0.2, 0.25) is 0 Å². The van der Waals surface area contributed by atoms with Crippen LogP contribution in [0.1, 0.15) is 17.3 Å². The van der Waals surface area contributed by atoms with Crippen molar-refractivity contribution in [1.29, 1.82) is 0 Å². The first-order chi connectivity index (χ1) is 12.9. The van der Waals surface area contributed by atoms with Crippen LogP contribution in [0.3, 0.4) is 0 Å². The number of halogens is 1. The van der Waals surface area contributed by atoms with E-state index in [9.17, 15) is 19.3 Å². The van der Waals surface area contributed by atoms with Crippen molar-refractivity contribution in [2.45, 2.75) is 6.92 Å². The molecule has 0 radical (unpaired) electrons. The number of hydrogen-bond acceptors (Lipinski definition) is 7. The van der Waals surface area contributed by atoms with Crippen molar-refractivity contribution in [2.24, 2.45) is 0 Å². The van der Waals surface area contributed by atoms with Crippen molar-refractivity contribution < 1.29 is 23.6 Å². The summed E-state index contributed by atoms with van der Waals surface area (Å²) < 4.78 is 24.7. The Morgan fingerprint density at radius 3 is 2.74 bits per heavy atom. The molecular weight excluding hydrogens is 375 g/mol. The van der Waals surface area contributed by atoms with Gasteiger partial charge >= 0.3 is 5.97 Å². The largest absolute Gasteiger partial charge is 0.497 e. The standard InChI is InChI=1S/C18H15FN2O5S/c1-3-26-18(22)16-12-6-5-11(25-2)9-15(12)27-17(16)20-13-8-10(19)4-7-14(13)21(23)24/h4-9,20H,3H2,1-2H3. The Hall–Kier alpha value is -3.20. The fourth-order valence-corrected chi connectivity index (χ4v) is 3.72. The summed E-state index contributed by atoms with van der Waals surface area (Å²) in [5, 5.41) is 15.0. The highest BCUT2D eigenvalue weighted by molar-refractivity contribution is 7.23. The molecule has 0 amide bonds. The van der Waals surface area contributed by atoms with Crippen LogP contribution < -0.4 is 10.1 Å². The molecule has 0 bridgehead atoms. The third-order valence-electron chi connectivity index (χ3n) is 3.78. The molecule has 3 aromatic rings. The summed E-state index contributed by atoms with van der Waals surface area (Å²) in [7, 11) is 1.52. The van der Waals surface area contributed by atoms with Gasteiger partial charge in [-0.25, -0.2) is 9.18 Å². The van der Waals surface area contributed by atoms with Crippen LogP contribution in [0.4, 0.5) is 20.8 Å². The van der Waals surface area contributed by atoms with E-state index in [0.717, 1.165) is 22.9 Å². The second-order valence-electron chi connectivity index (χ2n) is 5.43. The number of nitrogens with one attached hydrogen (secondary N) is 1. The molecule has 0 aliphatic carbocycles. The van der Waals surface area contributed by atoms with Crippen LogP contribution in [-0.4, -0.2) is 24.6 Å². The SMILES string of the molecule is CCOC(=O)c1c(Nc2cc(F)ccc2[N+](=O)[O-])sc2cc(OC)ccc12. The van der Waals surface area contributed by atoms with Crippen LogP contribution in [-0.2, 0) is 4.74 Å². The van der Waals surface area contributed by atoms with Crippen molar-refractivity contribution in [3.05, 3.63) is 57.9 Å². The van der Waals surface area contributed by atoms with Crippen molar-refractivity contribution in [1.82, 2.24) is 0 Å². The van der Waals surface area contributed by atoms with Crippen LogP contribution in [0, 0.1) is 15.9 Å². The molecule has 0 spiro atoms. The Bertz CT molecular complexity index is 1030. The summed E-state index contributed by atoms with van der Waals surface area (Å²) in [5.74, 6) is -0.610. The topological polar surface area (TPSA) is 90.7 Å². The van der Waals surface area contributed by atoms with Crippen LogP contribution in [0.5, 0.6) is 5.75 Å². The number of nitrogens with zero attached hydrogens (tertiary/aromatic N) is 1. The maximum absolute atomic E-state index is 13.6. The van der Waals surface area contributed by atoms with E-state index in [2.05, 4.69) is 5.32 Å². The van der Waals surface area contributed by atoms with Gasteiger partial charge in [-0.15, -0.1) is 11.3 Å². The molecule has 1 aromatic heterocycles. The Labute approximate surface area is 157 Å². The average molecular weight is 390 g/mol. The number of hydrogen-bond donors (Lipinski definition) is 1.